The maximum Gasteiger partial charge on any atom is 0.172 e. The lowest BCUT2D eigenvalue weighted by molar-refractivity contribution is -0.155. The van der Waals surface area contributed by atoms with Gasteiger partial charge in [0.2, 0.25) is 0 Å². The average molecular weight is 242 g/mol. The summed E-state index contributed by atoms with van der Waals surface area (Å²) in [6.07, 6.45) is -1.41. The van der Waals surface area contributed by atoms with Crippen molar-refractivity contribution in [1.29, 1.82) is 0 Å². The molecular weight excluding hydrogens is 224 g/mol. The highest BCUT2D eigenvalue weighted by Gasteiger charge is 2.43. The summed E-state index contributed by atoms with van der Waals surface area (Å²) in [7, 11) is 0. The second-order valence-electron chi connectivity index (χ2n) is 4.54. The van der Waals surface area contributed by atoms with Gasteiger partial charge in [-0.15, -0.1) is 6.58 Å². The van der Waals surface area contributed by atoms with Crippen LogP contribution in [0.15, 0.2) is 12.7 Å². The third kappa shape index (κ3) is 3.46. The molecule has 0 radical (unpaired) electrons. The number of aliphatic hydroxyl groups excluding tert-OH is 1. The number of hydrogen-bond donors (Lipinski definition) is 1. The van der Waals surface area contributed by atoms with E-state index in [1.54, 1.807) is 13.8 Å². The number of carbonyl (C=O) groups excluding carboxylic acids is 2. The molecule has 0 aromatic heterocycles. The Hall–Kier alpha value is -1.04. The van der Waals surface area contributed by atoms with Crippen molar-refractivity contribution in [3.8, 4) is 0 Å². The molecule has 0 bridgehead atoms. The molecule has 1 rings (SSSR count). The molecule has 3 atom stereocenters. The van der Waals surface area contributed by atoms with Crippen LogP contribution in [0.4, 0.5) is 0 Å². The van der Waals surface area contributed by atoms with E-state index in [2.05, 4.69) is 6.58 Å². The minimum atomic E-state index is -1.14. The third-order valence-corrected chi connectivity index (χ3v) is 2.49. The lowest BCUT2D eigenvalue weighted by atomic mass is 10.0. The van der Waals surface area contributed by atoms with Crippen molar-refractivity contribution in [3.63, 3.8) is 0 Å². The molecule has 1 aliphatic rings. The molecule has 5 nitrogen and oxygen atoms in total. The Bertz CT molecular complexity index is 332. The number of Topliss-reactive ketones (excluding diaryl/α,β-unsaturated/α-hetero) is 2. The molecule has 17 heavy (non-hydrogen) atoms. The monoisotopic (exact) mass is 242 g/mol. The van der Waals surface area contributed by atoms with Crippen molar-refractivity contribution in [2.45, 2.75) is 51.3 Å². The number of hydrogen-bond acceptors (Lipinski definition) is 5. The first-order valence-corrected chi connectivity index (χ1v) is 5.48. The molecule has 96 valence electrons. The van der Waals surface area contributed by atoms with Crippen LogP contribution < -0.4 is 0 Å². The number of carbonyl (C=O) groups is 2. The summed E-state index contributed by atoms with van der Waals surface area (Å²) in [6, 6.07) is 0. The molecule has 1 unspecified atom stereocenters. The lowest BCUT2D eigenvalue weighted by Crippen LogP contribution is -2.33. The number of rotatable bonds is 5. The Morgan fingerprint density at radius 3 is 2.53 bits per heavy atom. The Morgan fingerprint density at radius 2 is 2.06 bits per heavy atom. The van der Waals surface area contributed by atoms with Gasteiger partial charge in [0.05, 0.1) is 6.42 Å². The van der Waals surface area contributed by atoms with Gasteiger partial charge in [0.1, 0.15) is 18.3 Å². The number of aliphatic hydroxyl groups is 1. The predicted octanol–water partition coefficient (Wildman–Crippen LogP) is 0.602. The molecule has 5 heteroatoms. The van der Waals surface area contributed by atoms with Crippen LogP contribution in [0.2, 0.25) is 0 Å². The fourth-order valence-corrected chi connectivity index (χ4v) is 1.63. The fourth-order valence-electron chi connectivity index (χ4n) is 1.63. The van der Waals surface area contributed by atoms with Crippen LogP contribution in [0.5, 0.6) is 0 Å². The van der Waals surface area contributed by atoms with Crippen LogP contribution in [0.3, 0.4) is 0 Å². The van der Waals surface area contributed by atoms with Gasteiger partial charge in [0, 0.05) is 0 Å². The van der Waals surface area contributed by atoms with Crippen molar-refractivity contribution in [3.05, 3.63) is 12.7 Å². The Kier molecular flexibility index (Phi) is 4.19. The van der Waals surface area contributed by atoms with Crippen molar-refractivity contribution in [2.24, 2.45) is 0 Å². The SMILES string of the molecule is C=C[C@@H]1OC(C)(C)O[C@H]1C(=O)CC(=O)C(C)O. The first-order chi connectivity index (χ1) is 7.76. The minimum absolute atomic E-state index is 0.355. The molecule has 1 heterocycles. The molecule has 0 saturated carbocycles. The second-order valence-corrected chi connectivity index (χ2v) is 4.54. The summed E-state index contributed by atoms with van der Waals surface area (Å²) < 4.78 is 10.9. The van der Waals surface area contributed by atoms with Crippen molar-refractivity contribution in [2.75, 3.05) is 0 Å². The first kappa shape index (κ1) is 14.0. The van der Waals surface area contributed by atoms with Gasteiger partial charge in [-0.25, -0.2) is 0 Å². The molecule has 1 aliphatic heterocycles. The summed E-state index contributed by atoms with van der Waals surface area (Å²) in [5, 5.41) is 9.04. The van der Waals surface area contributed by atoms with E-state index in [4.69, 9.17) is 14.6 Å². The second kappa shape index (κ2) is 5.08. The molecule has 0 aromatic rings. The molecule has 1 fully saturated rings. The maximum atomic E-state index is 11.8. The van der Waals surface area contributed by atoms with Crippen LogP contribution in [0, 0.1) is 0 Å². The normalized spacial score (nSPS) is 28.7. The molecule has 0 aromatic carbocycles. The highest BCUT2D eigenvalue weighted by molar-refractivity contribution is 6.03. The van der Waals surface area contributed by atoms with E-state index in [1.807, 2.05) is 0 Å². The first-order valence-electron chi connectivity index (χ1n) is 5.48. The summed E-state index contributed by atoms with van der Waals surface area (Å²) in [4.78, 5) is 23.1. The van der Waals surface area contributed by atoms with E-state index in [0.717, 1.165) is 0 Å². The van der Waals surface area contributed by atoms with Crippen LogP contribution in [-0.2, 0) is 19.1 Å². The van der Waals surface area contributed by atoms with Gasteiger partial charge in [-0.05, 0) is 20.8 Å². The van der Waals surface area contributed by atoms with E-state index in [9.17, 15) is 9.59 Å². The molecule has 1 saturated heterocycles. The van der Waals surface area contributed by atoms with E-state index in [1.165, 1.54) is 13.0 Å². The van der Waals surface area contributed by atoms with Gasteiger partial charge >= 0.3 is 0 Å². The zero-order valence-corrected chi connectivity index (χ0v) is 10.3. The van der Waals surface area contributed by atoms with Crippen LogP contribution >= 0.6 is 0 Å². The predicted molar refractivity (Wildman–Crippen MR) is 60.3 cm³/mol. The highest BCUT2D eigenvalue weighted by atomic mass is 16.8. The highest BCUT2D eigenvalue weighted by Crippen LogP contribution is 2.29. The summed E-state index contributed by atoms with van der Waals surface area (Å²) in [5.41, 5.74) is 0. The molecular formula is C12H18O5. The fraction of sp³-hybridized carbons (Fsp3) is 0.667. The zero-order valence-electron chi connectivity index (χ0n) is 10.3. The van der Waals surface area contributed by atoms with Gasteiger partial charge in [-0.2, -0.15) is 0 Å². The largest absolute Gasteiger partial charge is 0.386 e. The van der Waals surface area contributed by atoms with Gasteiger partial charge in [0.15, 0.2) is 17.4 Å². The molecule has 0 spiro atoms. The van der Waals surface area contributed by atoms with Gasteiger partial charge in [0.25, 0.3) is 0 Å². The van der Waals surface area contributed by atoms with Crippen LogP contribution in [-0.4, -0.2) is 40.8 Å². The van der Waals surface area contributed by atoms with Crippen LogP contribution in [0.25, 0.3) is 0 Å². The van der Waals surface area contributed by atoms with E-state index in [-0.39, 0.29) is 6.42 Å². The molecule has 0 aliphatic carbocycles. The van der Waals surface area contributed by atoms with Gasteiger partial charge in [-0.1, -0.05) is 6.08 Å². The van der Waals surface area contributed by atoms with Gasteiger partial charge in [-0.3, -0.25) is 9.59 Å². The summed E-state index contributed by atoms with van der Waals surface area (Å²) in [5.74, 6) is -1.79. The van der Waals surface area contributed by atoms with Crippen molar-refractivity contribution < 1.29 is 24.2 Å². The quantitative estimate of drug-likeness (QED) is 0.564. The summed E-state index contributed by atoms with van der Waals surface area (Å²) >= 11 is 0. The van der Waals surface area contributed by atoms with E-state index in [0.29, 0.717) is 0 Å². The molecule has 1 N–H and O–H groups in total. The van der Waals surface area contributed by atoms with Crippen LogP contribution in [0.1, 0.15) is 27.2 Å². The standard InChI is InChI=1S/C12H18O5/c1-5-10-11(17-12(3,4)16-10)9(15)6-8(14)7(2)13/h5,7,10-11,13H,1,6H2,2-4H3/t7?,10-,11-/m0/s1. The van der Waals surface area contributed by atoms with Gasteiger partial charge < -0.3 is 14.6 Å². The minimum Gasteiger partial charge on any atom is -0.386 e. The van der Waals surface area contributed by atoms with Crippen molar-refractivity contribution >= 4 is 11.6 Å². The maximum absolute atomic E-state index is 11.8. The lowest BCUT2D eigenvalue weighted by Gasteiger charge is -2.16. The van der Waals surface area contributed by atoms with E-state index < -0.39 is 35.7 Å². The Morgan fingerprint density at radius 1 is 1.47 bits per heavy atom. The smallest absolute Gasteiger partial charge is 0.172 e. The Labute approximate surface area is 100 Å². The third-order valence-electron chi connectivity index (χ3n) is 2.49. The van der Waals surface area contributed by atoms with Crippen molar-refractivity contribution in [1.82, 2.24) is 0 Å². The zero-order chi connectivity index (χ0) is 13.2. The molecule has 0 amide bonds. The summed E-state index contributed by atoms with van der Waals surface area (Å²) in [6.45, 7) is 8.27. The topological polar surface area (TPSA) is 72.8 Å². The Balaban J connectivity index is 2.69. The number of ether oxygens (including phenoxy) is 2. The average Bonchev–Trinajstić information content (AvgIpc) is 2.53. The van der Waals surface area contributed by atoms with E-state index >= 15 is 0 Å². The number of ketones is 2.